The molecule has 4 heteroatoms. The van der Waals surface area contributed by atoms with Crippen LogP contribution in [0.5, 0.6) is 0 Å². The lowest BCUT2D eigenvalue weighted by Crippen LogP contribution is -2.22. The topological polar surface area (TPSA) is 39.1 Å². The molecule has 0 aliphatic heterocycles. The van der Waals surface area contributed by atoms with E-state index in [1.807, 2.05) is 48.5 Å². The van der Waals surface area contributed by atoms with Crippen LogP contribution >= 0.6 is 11.5 Å². The number of aromatic nitrogens is 1. The highest BCUT2D eigenvalue weighted by molar-refractivity contribution is 7.14. The molecule has 0 fully saturated rings. The molecule has 0 saturated heterocycles. The molecule has 3 aromatic rings. The Labute approximate surface area is 113 Å². The van der Waals surface area contributed by atoms with E-state index in [-0.39, 0.29) is 17.9 Å². The van der Waals surface area contributed by atoms with Crippen molar-refractivity contribution in [3.63, 3.8) is 0 Å². The van der Waals surface area contributed by atoms with Crippen molar-refractivity contribution in [3.05, 3.63) is 70.5 Å². The Morgan fingerprint density at radius 2 is 1.68 bits per heavy atom. The summed E-state index contributed by atoms with van der Waals surface area (Å²) in [5.74, 6) is -0.183. The molecule has 0 unspecified atom stereocenters. The van der Waals surface area contributed by atoms with Gasteiger partial charge in [-0.25, -0.2) is 0 Å². The number of fused-ring (bicyclic) bond motifs is 1. The molecule has 0 N–H and O–H groups in total. The molecule has 0 aliphatic rings. The lowest BCUT2D eigenvalue weighted by molar-refractivity contribution is 0.0923. The number of nitrogens with zero attached hydrogens (tertiary/aromatic N) is 1. The summed E-state index contributed by atoms with van der Waals surface area (Å²) in [4.78, 5) is 24.3. The number of hydrogen-bond acceptors (Lipinski definition) is 3. The zero-order valence-electron chi connectivity index (χ0n) is 10.1. The predicted molar refractivity (Wildman–Crippen MR) is 76.9 cm³/mol. The van der Waals surface area contributed by atoms with Crippen molar-refractivity contribution in [2.45, 2.75) is 6.42 Å². The van der Waals surface area contributed by atoms with Crippen molar-refractivity contribution < 1.29 is 4.79 Å². The maximum absolute atomic E-state index is 12.2. The first-order valence-corrected chi connectivity index (χ1v) is 6.71. The van der Waals surface area contributed by atoms with Crippen LogP contribution in [0.3, 0.4) is 0 Å². The van der Waals surface area contributed by atoms with Gasteiger partial charge in [0.1, 0.15) is 0 Å². The van der Waals surface area contributed by atoms with E-state index in [0.29, 0.717) is 5.39 Å². The summed E-state index contributed by atoms with van der Waals surface area (Å²) in [5, 5.41) is 0.605. The molecule has 0 amide bonds. The molecule has 1 aromatic heterocycles. The highest BCUT2D eigenvalue weighted by atomic mass is 32.1. The summed E-state index contributed by atoms with van der Waals surface area (Å²) in [6, 6.07) is 16.7. The van der Waals surface area contributed by atoms with Crippen molar-refractivity contribution in [3.8, 4) is 0 Å². The van der Waals surface area contributed by atoms with E-state index < -0.39 is 0 Å². The van der Waals surface area contributed by atoms with E-state index in [2.05, 4.69) is 0 Å². The van der Waals surface area contributed by atoms with Crippen molar-refractivity contribution >= 4 is 27.5 Å². The molecular formula is C15H11NO2S. The maximum atomic E-state index is 12.2. The average Bonchev–Trinajstić information content (AvgIpc) is 2.78. The fourth-order valence-corrected chi connectivity index (χ4v) is 2.92. The normalized spacial score (nSPS) is 10.7. The van der Waals surface area contributed by atoms with Crippen LogP contribution in [0.25, 0.3) is 10.1 Å². The Balaban J connectivity index is 1.98. The van der Waals surface area contributed by atoms with Crippen LogP contribution in [-0.4, -0.2) is 9.86 Å². The molecule has 0 bridgehead atoms. The van der Waals surface area contributed by atoms with E-state index >= 15 is 0 Å². The smallest absolute Gasteiger partial charge is 0.273 e. The highest BCUT2D eigenvalue weighted by Gasteiger charge is 2.13. The van der Waals surface area contributed by atoms with Crippen LogP contribution in [0.2, 0.25) is 0 Å². The number of hydrogen-bond donors (Lipinski definition) is 0. The Kier molecular flexibility index (Phi) is 3.01. The molecular weight excluding hydrogens is 258 g/mol. The van der Waals surface area contributed by atoms with Gasteiger partial charge in [-0.2, -0.15) is 3.96 Å². The van der Waals surface area contributed by atoms with Crippen molar-refractivity contribution in [2.75, 3.05) is 0 Å². The van der Waals surface area contributed by atoms with Crippen LogP contribution in [0.4, 0.5) is 0 Å². The molecule has 0 atom stereocenters. The third-order valence-corrected chi connectivity index (χ3v) is 4.02. The second-order valence-corrected chi connectivity index (χ2v) is 5.23. The lowest BCUT2D eigenvalue weighted by Gasteiger charge is -1.99. The molecule has 3 rings (SSSR count). The van der Waals surface area contributed by atoms with Gasteiger partial charge in [-0.3, -0.25) is 9.59 Å². The van der Waals surface area contributed by atoms with Crippen molar-refractivity contribution in [1.29, 1.82) is 0 Å². The summed E-state index contributed by atoms with van der Waals surface area (Å²) < 4.78 is 2.09. The highest BCUT2D eigenvalue weighted by Crippen LogP contribution is 2.16. The zero-order valence-corrected chi connectivity index (χ0v) is 10.9. The van der Waals surface area contributed by atoms with Gasteiger partial charge >= 0.3 is 0 Å². The van der Waals surface area contributed by atoms with Gasteiger partial charge in [0, 0.05) is 0 Å². The van der Waals surface area contributed by atoms with Crippen LogP contribution in [0, 0.1) is 0 Å². The summed E-state index contributed by atoms with van der Waals surface area (Å²) in [5.41, 5.74) is 0.693. The summed E-state index contributed by atoms with van der Waals surface area (Å²) in [7, 11) is 0. The van der Waals surface area contributed by atoms with E-state index in [4.69, 9.17) is 0 Å². The monoisotopic (exact) mass is 269 g/mol. The van der Waals surface area contributed by atoms with Crippen LogP contribution in [0.1, 0.15) is 10.4 Å². The number of carbonyl (C=O) groups is 1. The molecule has 0 aliphatic carbocycles. The van der Waals surface area contributed by atoms with Gasteiger partial charge in [0.05, 0.1) is 16.5 Å². The van der Waals surface area contributed by atoms with Crippen molar-refractivity contribution in [1.82, 2.24) is 3.96 Å². The van der Waals surface area contributed by atoms with Crippen LogP contribution < -0.4 is 5.56 Å². The minimum atomic E-state index is -0.221. The van der Waals surface area contributed by atoms with Gasteiger partial charge in [0.15, 0.2) is 0 Å². The Morgan fingerprint density at radius 1 is 1.00 bits per heavy atom. The molecule has 0 saturated carbocycles. The van der Waals surface area contributed by atoms with E-state index in [0.717, 1.165) is 10.3 Å². The van der Waals surface area contributed by atoms with Gasteiger partial charge in [-0.1, -0.05) is 42.5 Å². The molecule has 2 aromatic carbocycles. The van der Waals surface area contributed by atoms with E-state index in [9.17, 15) is 9.59 Å². The Bertz CT molecular complexity index is 787. The van der Waals surface area contributed by atoms with Gasteiger partial charge < -0.3 is 0 Å². The molecule has 19 heavy (non-hydrogen) atoms. The van der Waals surface area contributed by atoms with Gasteiger partial charge in [-0.15, -0.1) is 0 Å². The lowest BCUT2D eigenvalue weighted by atomic mass is 10.1. The van der Waals surface area contributed by atoms with E-state index in [1.54, 1.807) is 6.07 Å². The van der Waals surface area contributed by atoms with Gasteiger partial charge in [-0.05, 0) is 29.2 Å². The second-order valence-electron chi connectivity index (χ2n) is 4.24. The first-order chi connectivity index (χ1) is 9.25. The first-order valence-electron chi connectivity index (χ1n) is 5.94. The Morgan fingerprint density at radius 3 is 2.42 bits per heavy atom. The average molecular weight is 269 g/mol. The largest absolute Gasteiger partial charge is 0.275 e. The molecule has 0 spiro atoms. The quantitative estimate of drug-likeness (QED) is 0.717. The van der Waals surface area contributed by atoms with Crippen LogP contribution in [0.15, 0.2) is 59.4 Å². The van der Waals surface area contributed by atoms with Gasteiger partial charge in [0.25, 0.3) is 5.56 Å². The van der Waals surface area contributed by atoms with Gasteiger partial charge in [0.2, 0.25) is 5.91 Å². The summed E-state index contributed by atoms with van der Waals surface area (Å²) >= 11 is 1.21. The fraction of sp³-hybridized carbons (Fsp3) is 0.0667. The third-order valence-electron chi connectivity index (χ3n) is 2.92. The SMILES string of the molecule is O=C(Cc1ccccc1)n1sc2ccccc2c1=O. The zero-order chi connectivity index (χ0) is 13.2. The summed E-state index contributed by atoms with van der Waals surface area (Å²) in [6.07, 6.45) is 0.244. The van der Waals surface area contributed by atoms with Crippen molar-refractivity contribution in [2.24, 2.45) is 0 Å². The number of benzene rings is 2. The minimum absolute atomic E-state index is 0.183. The molecule has 3 nitrogen and oxygen atoms in total. The summed E-state index contributed by atoms with van der Waals surface area (Å²) in [6.45, 7) is 0. The molecule has 0 radical (unpaired) electrons. The maximum Gasteiger partial charge on any atom is 0.275 e. The number of rotatable bonds is 2. The second kappa shape index (κ2) is 4.82. The van der Waals surface area contributed by atoms with Crippen LogP contribution in [-0.2, 0) is 6.42 Å². The first kappa shape index (κ1) is 11.9. The predicted octanol–water partition coefficient (Wildman–Crippen LogP) is 2.95. The Hall–Kier alpha value is -2.20. The third kappa shape index (κ3) is 2.22. The number of carbonyl (C=O) groups excluding carboxylic acids is 1. The van der Waals surface area contributed by atoms with E-state index in [1.165, 1.54) is 15.5 Å². The fourth-order valence-electron chi connectivity index (χ4n) is 1.98. The molecule has 94 valence electrons. The minimum Gasteiger partial charge on any atom is -0.273 e. The molecule has 1 heterocycles. The standard InChI is InChI=1S/C15H11NO2S/c17-14(10-11-6-2-1-3-7-11)16-15(18)12-8-4-5-9-13(12)19-16/h1-9H,10H2.